The summed E-state index contributed by atoms with van der Waals surface area (Å²) in [6, 6.07) is 8.81. The van der Waals surface area contributed by atoms with E-state index in [0.29, 0.717) is 6.04 Å². The zero-order valence-electron chi connectivity index (χ0n) is 9.66. The smallest absolute Gasteiger partial charge is 0.226 e. The van der Waals surface area contributed by atoms with E-state index in [1.807, 2.05) is 6.08 Å². The molecule has 2 heteroatoms. The number of allylic oxidation sites excluding steroid dienone is 5. The molecule has 2 aromatic rings. The first-order valence-corrected chi connectivity index (χ1v) is 5.85. The van der Waals surface area contributed by atoms with Crippen LogP contribution in [0, 0.1) is 0 Å². The van der Waals surface area contributed by atoms with Crippen molar-refractivity contribution in [3.63, 3.8) is 0 Å². The van der Waals surface area contributed by atoms with Gasteiger partial charge in [0.05, 0.1) is 0 Å². The highest BCUT2D eigenvalue weighted by Gasteiger charge is 2.19. The minimum Gasteiger partial charge on any atom is -0.226 e. The van der Waals surface area contributed by atoms with Gasteiger partial charge in [0.2, 0.25) is 6.33 Å². The van der Waals surface area contributed by atoms with Crippen LogP contribution in [0.2, 0.25) is 0 Å². The topological polar surface area (TPSA) is 8.81 Å². The highest BCUT2D eigenvalue weighted by atomic mass is 15.1. The molecule has 0 atom stereocenters. The van der Waals surface area contributed by atoms with Crippen molar-refractivity contribution in [1.29, 1.82) is 0 Å². The number of para-hydroxylation sites is 2. The second kappa shape index (κ2) is 4.06. The molecule has 1 aromatic carbocycles. The number of imidazole rings is 1. The molecular weight excluding hydrogens is 208 g/mol. The Morgan fingerprint density at radius 3 is 2.76 bits per heavy atom. The molecule has 17 heavy (non-hydrogen) atoms. The molecule has 2 nitrogen and oxygen atoms in total. The van der Waals surface area contributed by atoms with Crippen LogP contribution in [0.3, 0.4) is 0 Å². The van der Waals surface area contributed by atoms with Crippen molar-refractivity contribution in [2.24, 2.45) is 0 Å². The highest BCUT2D eigenvalue weighted by Crippen LogP contribution is 2.21. The van der Waals surface area contributed by atoms with Gasteiger partial charge >= 0.3 is 0 Å². The van der Waals surface area contributed by atoms with Crippen LogP contribution >= 0.6 is 0 Å². The minimum absolute atomic E-state index is 0.339. The monoisotopic (exact) mass is 223 g/mol. The van der Waals surface area contributed by atoms with E-state index >= 15 is 0 Å². The molecule has 3 rings (SSSR count). The first-order valence-electron chi connectivity index (χ1n) is 5.85. The summed E-state index contributed by atoms with van der Waals surface area (Å²) in [5, 5.41) is 0. The van der Waals surface area contributed by atoms with Gasteiger partial charge in [-0.1, -0.05) is 36.9 Å². The van der Waals surface area contributed by atoms with Crippen LogP contribution < -0.4 is 4.57 Å². The van der Waals surface area contributed by atoms with Gasteiger partial charge in [-0.25, -0.2) is 9.13 Å². The summed E-state index contributed by atoms with van der Waals surface area (Å²) in [5.74, 6) is 0. The van der Waals surface area contributed by atoms with E-state index in [0.717, 1.165) is 6.54 Å². The van der Waals surface area contributed by atoms with E-state index in [9.17, 15) is 0 Å². The molecule has 0 saturated heterocycles. The van der Waals surface area contributed by atoms with Gasteiger partial charge in [0.15, 0.2) is 11.0 Å². The van der Waals surface area contributed by atoms with Crippen molar-refractivity contribution in [1.82, 2.24) is 4.57 Å². The predicted octanol–water partition coefficient (Wildman–Crippen LogP) is 2.78. The van der Waals surface area contributed by atoms with Gasteiger partial charge < -0.3 is 0 Å². The lowest BCUT2D eigenvalue weighted by Crippen LogP contribution is -2.31. The Kier molecular flexibility index (Phi) is 2.41. The van der Waals surface area contributed by atoms with Crippen molar-refractivity contribution >= 4 is 11.0 Å². The molecule has 0 radical (unpaired) electrons. The molecule has 0 amide bonds. The average Bonchev–Trinajstić information content (AvgIpc) is 2.97. The molecule has 0 N–H and O–H groups in total. The van der Waals surface area contributed by atoms with Gasteiger partial charge in [-0.05, 0) is 24.3 Å². The summed E-state index contributed by atoms with van der Waals surface area (Å²) in [4.78, 5) is 0. The van der Waals surface area contributed by atoms with Crippen molar-refractivity contribution in [3.05, 3.63) is 67.6 Å². The lowest BCUT2D eigenvalue weighted by atomic mass is 10.2. The number of aromatic nitrogens is 2. The first kappa shape index (κ1) is 10.1. The molecule has 1 aliphatic carbocycles. The predicted molar refractivity (Wildman–Crippen MR) is 69.6 cm³/mol. The normalized spacial score (nSPS) is 14.8. The Labute approximate surface area is 101 Å². The summed E-state index contributed by atoms with van der Waals surface area (Å²) < 4.78 is 4.52. The van der Waals surface area contributed by atoms with E-state index in [2.05, 4.69) is 70.6 Å². The van der Waals surface area contributed by atoms with Crippen molar-refractivity contribution in [2.45, 2.75) is 12.6 Å². The Hall–Kier alpha value is -2.09. The van der Waals surface area contributed by atoms with Crippen LogP contribution in [0.1, 0.15) is 6.04 Å². The third kappa shape index (κ3) is 1.62. The third-order valence-electron chi connectivity index (χ3n) is 3.11. The van der Waals surface area contributed by atoms with E-state index in [1.165, 1.54) is 11.0 Å². The van der Waals surface area contributed by atoms with Crippen LogP contribution in [0.5, 0.6) is 0 Å². The fraction of sp³-hybridized carbons (Fsp3) is 0.133. The van der Waals surface area contributed by atoms with E-state index in [1.54, 1.807) is 0 Å². The second-order valence-electron chi connectivity index (χ2n) is 4.21. The molecule has 0 spiro atoms. The molecule has 0 unspecified atom stereocenters. The first-order chi connectivity index (χ1) is 8.40. The molecule has 0 fully saturated rings. The molecule has 0 aliphatic heterocycles. The van der Waals surface area contributed by atoms with Crippen LogP contribution in [-0.4, -0.2) is 4.57 Å². The Morgan fingerprint density at radius 1 is 1.24 bits per heavy atom. The maximum atomic E-state index is 3.81. The maximum Gasteiger partial charge on any atom is 0.245 e. The zero-order chi connectivity index (χ0) is 11.7. The molecular formula is C15H15N2+. The lowest BCUT2D eigenvalue weighted by Gasteiger charge is -2.00. The largest absolute Gasteiger partial charge is 0.245 e. The number of fused-ring (bicyclic) bond motifs is 1. The van der Waals surface area contributed by atoms with Crippen LogP contribution in [0.15, 0.2) is 67.6 Å². The number of hydrogen-bond acceptors (Lipinski definition) is 0. The summed E-state index contributed by atoms with van der Waals surface area (Å²) in [7, 11) is 0. The Balaban J connectivity index is 2.20. The van der Waals surface area contributed by atoms with Gasteiger partial charge in [-0.15, -0.1) is 0 Å². The number of nitrogens with zero attached hydrogens (tertiary/aromatic N) is 2. The lowest BCUT2D eigenvalue weighted by molar-refractivity contribution is -0.661. The maximum absolute atomic E-state index is 3.81. The number of benzene rings is 1. The van der Waals surface area contributed by atoms with Gasteiger partial charge in [-0.2, -0.15) is 0 Å². The summed E-state index contributed by atoms with van der Waals surface area (Å²) in [5.41, 5.74) is 2.51. The molecule has 0 bridgehead atoms. The Morgan fingerprint density at radius 2 is 2.00 bits per heavy atom. The van der Waals surface area contributed by atoms with Crippen molar-refractivity contribution < 1.29 is 4.57 Å². The van der Waals surface area contributed by atoms with E-state index in [4.69, 9.17) is 0 Å². The summed E-state index contributed by atoms with van der Waals surface area (Å²) in [6.45, 7) is 4.65. The van der Waals surface area contributed by atoms with E-state index < -0.39 is 0 Å². The molecule has 1 aromatic heterocycles. The number of rotatable bonds is 3. The number of hydrogen-bond donors (Lipinski definition) is 0. The Bertz CT molecular complexity index is 605. The average molecular weight is 223 g/mol. The summed E-state index contributed by atoms with van der Waals surface area (Å²) >= 11 is 0. The fourth-order valence-corrected chi connectivity index (χ4v) is 2.33. The zero-order valence-corrected chi connectivity index (χ0v) is 9.66. The SMILES string of the molecule is C=CC[n+]1cn(C2C=CC=C2)c2ccccc21. The molecule has 1 heterocycles. The summed E-state index contributed by atoms with van der Waals surface area (Å²) in [6.07, 6.45) is 12.7. The van der Waals surface area contributed by atoms with Gasteiger partial charge in [-0.3, -0.25) is 0 Å². The molecule has 84 valence electrons. The van der Waals surface area contributed by atoms with Gasteiger partial charge in [0, 0.05) is 0 Å². The minimum atomic E-state index is 0.339. The second-order valence-corrected chi connectivity index (χ2v) is 4.21. The molecule has 1 aliphatic rings. The van der Waals surface area contributed by atoms with E-state index in [-0.39, 0.29) is 0 Å². The fourth-order valence-electron chi connectivity index (χ4n) is 2.33. The van der Waals surface area contributed by atoms with Crippen LogP contribution in [0.25, 0.3) is 11.0 Å². The quantitative estimate of drug-likeness (QED) is 0.559. The van der Waals surface area contributed by atoms with Crippen LogP contribution in [-0.2, 0) is 6.54 Å². The van der Waals surface area contributed by atoms with Crippen molar-refractivity contribution in [3.8, 4) is 0 Å². The van der Waals surface area contributed by atoms with Crippen molar-refractivity contribution in [2.75, 3.05) is 0 Å². The standard InChI is InChI=1S/C15H15N2/c1-2-11-16-12-17(13-7-3-4-8-13)15-10-6-5-9-14(15)16/h2-10,12-13H,1,11H2/q+1. The third-order valence-corrected chi connectivity index (χ3v) is 3.11. The van der Waals surface area contributed by atoms with Gasteiger partial charge in [0.1, 0.15) is 12.6 Å². The molecule has 0 saturated carbocycles. The highest BCUT2D eigenvalue weighted by molar-refractivity contribution is 5.72. The van der Waals surface area contributed by atoms with Gasteiger partial charge in [0.25, 0.3) is 0 Å². The van der Waals surface area contributed by atoms with Crippen LogP contribution in [0.4, 0.5) is 0 Å².